The van der Waals surface area contributed by atoms with Gasteiger partial charge in [0.25, 0.3) is 0 Å². The Bertz CT molecular complexity index is 1320. The molecular formula is C24H15NOS. The predicted molar refractivity (Wildman–Crippen MR) is 113 cm³/mol. The fourth-order valence-electron chi connectivity index (χ4n) is 4.03. The molecule has 0 fully saturated rings. The van der Waals surface area contributed by atoms with E-state index < -0.39 is 0 Å². The average molecular weight is 365 g/mol. The van der Waals surface area contributed by atoms with Crippen LogP contribution in [0.15, 0.2) is 95.3 Å². The summed E-state index contributed by atoms with van der Waals surface area (Å²) in [5.74, 6) is 0. The van der Waals surface area contributed by atoms with Crippen molar-refractivity contribution in [3.63, 3.8) is 0 Å². The SMILES string of the molecule is c1cc(-c2ccc(-c3cccc4cccn34)c3cocc23)c2ccsc2c1. The molecule has 3 heteroatoms. The fraction of sp³-hybridized carbons (Fsp3) is 0. The Balaban J connectivity index is 1.66. The van der Waals surface area contributed by atoms with Gasteiger partial charge in [-0.25, -0.2) is 0 Å². The van der Waals surface area contributed by atoms with Crippen LogP contribution in [0.1, 0.15) is 0 Å². The monoisotopic (exact) mass is 365 g/mol. The lowest BCUT2D eigenvalue weighted by Gasteiger charge is -2.11. The minimum atomic E-state index is 1.14. The maximum Gasteiger partial charge on any atom is 0.0988 e. The van der Waals surface area contributed by atoms with Gasteiger partial charge in [0.2, 0.25) is 0 Å². The van der Waals surface area contributed by atoms with Crippen molar-refractivity contribution in [1.82, 2.24) is 4.40 Å². The van der Waals surface area contributed by atoms with E-state index in [4.69, 9.17) is 4.42 Å². The maximum absolute atomic E-state index is 5.67. The first-order valence-electron chi connectivity index (χ1n) is 8.92. The van der Waals surface area contributed by atoms with Gasteiger partial charge in [-0.3, -0.25) is 0 Å². The van der Waals surface area contributed by atoms with Crippen LogP contribution in [-0.4, -0.2) is 4.40 Å². The first-order valence-corrected chi connectivity index (χ1v) is 9.80. The number of nitrogens with zero attached hydrogens (tertiary/aromatic N) is 1. The molecule has 27 heavy (non-hydrogen) atoms. The number of hydrogen-bond donors (Lipinski definition) is 0. The first-order chi connectivity index (χ1) is 13.4. The van der Waals surface area contributed by atoms with E-state index in [1.165, 1.54) is 38.0 Å². The highest BCUT2D eigenvalue weighted by molar-refractivity contribution is 7.17. The molecular weight excluding hydrogens is 350 g/mol. The summed E-state index contributed by atoms with van der Waals surface area (Å²) in [7, 11) is 0. The predicted octanol–water partition coefficient (Wildman–Crippen LogP) is 7.23. The van der Waals surface area contributed by atoms with Crippen molar-refractivity contribution in [2.45, 2.75) is 0 Å². The zero-order valence-electron chi connectivity index (χ0n) is 14.4. The minimum Gasteiger partial charge on any atom is -0.471 e. The van der Waals surface area contributed by atoms with Gasteiger partial charge in [-0.1, -0.05) is 30.3 Å². The second kappa shape index (κ2) is 5.60. The Hall–Kier alpha value is -3.30. The molecule has 0 saturated heterocycles. The second-order valence-corrected chi connectivity index (χ2v) is 7.66. The van der Waals surface area contributed by atoms with Crippen LogP contribution in [0.2, 0.25) is 0 Å². The molecule has 128 valence electrons. The van der Waals surface area contributed by atoms with E-state index in [1.807, 2.05) is 12.5 Å². The zero-order valence-corrected chi connectivity index (χ0v) is 15.2. The van der Waals surface area contributed by atoms with Gasteiger partial charge in [0, 0.05) is 38.1 Å². The van der Waals surface area contributed by atoms with Crippen molar-refractivity contribution >= 4 is 37.7 Å². The van der Waals surface area contributed by atoms with E-state index in [1.54, 1.807) is 11.3 Å². The van der Waals surface area contributed by atoms with Crippen LogP contribution in [0, 0.1) is 0 Å². The number of hydrogen-bond acceptors (Lipinski definition) is 2. The normalized spacial score (nSPS) is 11.7. The lowest BCUT2D eigenvalue weighted by Crippen LogP contribution is -1.91. The summed E-state index contributed by atoms with van der Waals surface area (Å²) in [6.07, 6.45) is 5.84. The molecule has 0 aliphatic carbocycles. The van der Waals surface area contributed by atoms with E-state index in [0.29, 0.717) is 0 Å². The van der Waals surface area contributed by atoms with Crippen molar-refractivity contribution in [2.24, 2.45) is 0 Å². The maximum atomic E-state index is 5.67. The fourth-order valence-corrected chi connectivity index (χ4v) is 4.85. The molecule has 0 aliphatic heterocycles. The second-order valence-electron chi connectivity index (χ2n) is 6.71. The first kappa shape index (κ1) is 14.8. The molecule has 4 heterocycles. The summed E-state index contributed by atoms with van der Waals surface area (Å²) in [6, 6.07) is 23.8. The third-order valence-corrected chi connectivity index (χ3v) is 6.16. The van der Waals surface area contributed by atoms with Crippen molar-refractivity contribution in [1.29, 1.82) is 0 Å². The highest BCUT2D eigenvalue weighted by Gasteiger charge is 2.14. The third kappa shape index (κ3) is 2.12. The quantitative estimate of drug-likeness (QED) is 0.316. The molecule has 0 radical (unpaired) electrons. The van der Waals surface area contributed by atoms with Gasteiger partial charge in [0.15, 0.2) is 0 Å². The summed E-state index contributed by atoms with van der Waals surface area (Å²) in [6.45, 7) is 0. The number of pyridine rings is 1. The molecule has 0 unspecified atom stereocenters. The number of aromatic nitrogens is 1. The summed E-state index contributed by atoms with van der Waals surface area (Å²) in [4.78, 5) is 0. The highest BCUT2D eigenvalue weighted by atomic mass is 32.1. The number of fused-ring (bicyclic) bond motifs is 3. The Morgan fingerprint density at radius 1 is 0.667 bits per heavy atom. The highest BCUT2D eigenvalue weighted by Crippen LogP contribution is 2.39. The molecule has 6 rings (SSSR count). The molecule has 2 nitrogen and oxygen atoms in total. The van der Waals surface area contributed by atoms with Crippen LogP contribution in [0.25, 0.3) is 48.8 Å². The van der Waals surface area contributed by atoms with Crippen LogP contribution >= 0.6 is 11.3 Å². The summed E-state index contributed by atoms with van der Waals surface area (Å²) < 4.78 is 9.20. The van der Waals surface area contributed by atoms with E-state index in [0.717, 1.165) is 10.8 Å². The molecule has 0 aliphatic rings. The van der Waals surface area contributed by atoms with Crippen molar-refractivity contribution in [2.75, 3.05) is 0 Å². The lowest BCUT2D eigenvalue weighted by atomic mass is 9.95. The van der Waals surface area contributed by atoms with Gasteiger partial charge in [0.05, 0.1) is 18.2 Å². The summed E-state index contributed by atoms with van der Waals surface area (Å²) in [5.41, 5.74) is 6.01. The number of thiophene rings is 1. The molecule has 0 N–H and O–H groups in total. The lowest BCUT2D eigenvalue weighted by molar-refractivity contribution is 0.572. The van der Waals surface area contributed by atoms with Crippen molar-refractivity contribution in [3.05, 3.63) is 90.8 Å². The zero-order chi connectivity index (χ0) is 17.8. The summed E-state index contributed by atoms with van der Waals surface area (Å²) >= 11 is 1.78. The van der Waals surface area contributed by atoms with Crippen molar-refractivity contribution in [3.8, 4) is 22.4 Å². The number of furan rings is 1. The van der Waals surface area contributed by atoms with Crippen LogP contribution in [-0.2, 0) is 0 Å². The van der Waals surface area contributed by atoms with Crippen LogP contribution in [0.4, 0.5) is 0 Å². The Morgan fingerprint density at radius 2 is 1.44 bits per heavy atom. The van der Waals surface area contributed by atoms with E-state index in [2.05, 4.69) is 82.7 Å². The van der Waals surface area contributed by atoms with Crippen LogP contribution in [0.5, 0.6) is 0 Å². The molecule has 4 aromatic heterocycles. The van der Waals surface area contributed by atoms with E-state index in [-0.39, 0.29) is 0 Å². The minimum absolute atomic E-state index is 1.14. The smallest absolute Gasteiger partial charge is 0.0988 e. The van der Waals surface area contributed by atoms with Gasteiger partial charge >= 0.3 is 0 Å². The van der Waals surface area contributed by atoms with Crippen molar-refractivity contribution < 1.29 is 4.42 Å². The van der Waals surface area contributed by atoms with Gasteiger partial charge in [-0.15, -0.1) is 11.3 Å². The molecule has 0 saturated carbocycles. The van der Waals surface area contributed by atoms with Gasteiger partial charge < -0.3 is 8.82 Å². The number of rotatable bonds is 2. The van der Waals surface area contributed by atoms with E-state index >= 15 is 0 Å². The van der Waals surface area contributed by atoms with Crippen LogP contribution < -0.4 is 0 Å². The molecule has 2 aromatic carbocycles. The van der Waals surface area contributed by atoms with E-state index in [9.17, 15) is 0 Å². The van der Waals surface area contributed by atoms with Gasteiger partial charge in [0.1, 0.15) is 0 Å². The Morgan fingerprint density at radius 3 is 2.41 bits per heavy atom. The molecule has 0 bridgehead atoms. The van der Waals surface area contributed by atoms with Gasteiger partial charge in [-0.05, 0) is 52.9 Å². The topological polar surface area (TPSA) is 17.6 Å². The standard InChI is InChI=1S/C24H15NOS/c1-4-16-5-3-12-25(16)23(7-1)19-10-9-18(21-14-26-15-22(19)21)17-6-2-8-24-20(17)11-13-27-24/h1-15H. The average Bonchev–Trinajstić information content (AvgIpc) is 3.46. The van der Waals surface area contributed by atoms with Crippen LogP contribution in [0.3, 0.4) is 0 Å². The Labute approximate surface area is 159 Å². The molecule has 0 amide bonds. The molecule has 0 atom stereocenters. The Kier molecular flexibility index (Phi) is 3.07. The molecule has 6 aromatic rings. The summed E-state index contributed by atoms with van der Waals surface area (Å²) in [5, 5.41) is 5.74. The van der Waals surface area contributed by atoms with Gasteiger partial charge in [-0.2, -0.15) is 0 Å². The largest absolute Gasteiger partial charge is 0.471 e. The third-order valence-electron chi connectivity index (χ3n) is 5.28. The number of benzene rings is 2. The molecule has 0 spiro atoms.